The van der Waals surface area contributed by atoms with E-state index in [1.165, 1.54) is 18.6 Å². The molecule has 2 rings (SSSR count). The van der Waals surface area contributed by atoms with Crippen molar-refractivity contribution in [3.63, 3.8) is 0 Å². The number of nitrogens with two attached hydrogens (primary N) is 2. The number of hydrogen-bond acceptors (Lipinski definition) is 4. The molecule has 1 aliphatic rings. The van der Waals surface area contributed by atoms with Crippen molar-refractivity contribution in [2.45, 2.75) is 37.6 Å². The van der Waals surface area contributed by atoms with Crippen LogP contribution in [0.4, 0.5) is 11.4 Å². The van der Waals surface area contributed by atoms with E-state index in [1.807, 2.05) is 0 Å². The summed E-state index contributed by atoms with van der Waals surface area (Å²) in [6, 6.07) is 4.84. The van der Waals surface area contributed by atoms with Gasteiger partial charge in [-0.3, -0.25) is 0 Å². The summed E-state index contributed by atoms with van der Waals surface area (Å²) in [6.07, 6.45) is 2.25. The van der Waals surface area contributed by atoms with Gasteiger partial charge in [-0.2, -0.15) is 0 Å². The van der Waals surface area contributed by atoms with Crippen molar-refractivity contribution in [3.05, 3.63) is 18.2 Å². The zero-order valence-corrected chi connectivity index (χ0v) is 12.1. The summed E-state index contributed by atoms with van der Waals surface area (Å²) < 4.78 is 22.7. The Kier molecular flexibility index (Phi) is 3.73. The van der Waals surface area contributed by atoms with Crippen molar-refractivity contribution in [1.29, 1.82) is 0 Å². The molecule has 5 N–H and O–H groups in total. The normalized spacial score (nSPS) is 27.4. The van der Waals surface area contributed by atoms with Crippen LogP contribution in [0, 0.1) is 11.8 Å². The first kappa shape index (κ1) is 14.1. The molecule has 0 saturated heterocycles. The SMILES string of the molecule is CC1CCC(Nc2cc(S(N)(=O)=O)ccc2N)C1C. The molecule has 106 valence electrons. The Morgan fingerprint density at radius 3 is 2.47 bits per heavy atom. The average Bonchev–Trinajstić information content (AvgIpc) is 2.62. The van der Waals surface area contributed by atoms with E-state index in [-0.39, 0.29) is 4.90 Å². The minimum absolute atomic E-state index is 0.0860. The van der Waals surface area contributed by atoms with Crippen LogP contribution in [0.15, 0.2) is 23.1 Å². The van der Waals surface area contributed by atoms with Gasteiger partial charge in [-0.1, -0.05) is 13.8 Å². The second-order valence-corrected chi connectivity index (χ2v) is 7.02. The Labute approximate surface area is 114 Å². The molecule has 1 aliphatic carbocycles. The minimum atomic E-state index is -3.70. The fourth-order valence-corrected chi connectivity index (χ4v) is 3.15. The Hall–Kier alpha value is -1.27. The molecular weight excluding hydrogens is 262 g/mol. The summed E-state index contributed by atoms with van der Waals surface area (Å²) in [5, 5.41) is 8.49. The van der Waals surface area contributed by atoms with E-state index in [1.54, 1.807) is 6.07 Å². The fraction of sp³-hybridized carbons (Fsp3) is 0.538. The largest absolute Gasteiger partial charge is 0.397 e. The van der Waals surface area contributed by atoms with Crippen molar-refractivity contribution in [2.75, 3.05) is 11.1 Å². The van der Waals surface area contributed by atoms with Crippen LogP contribution in [0.3, 0.4) is 0 Å². The quantitative estimate of drug-likeness (QED) is 0.736. The van der Waals surface area contributed by atoms with E-state index < -0.39 is 10.0 Å². The molecule has 1 aromatic rings. The highest BCUT2D eigenvalue weighted by Crippen LogP contribution is 2.34. The summed E-state index contributed by atoms with van der Waals surface area (Å²) in [5.74, 6) is 1.21. The van der Waals surface area contributed by atoms with Crippen LogP contribution in [0.25, 0.3) is 0 Å². The first-order chi connectivity index (χ1) is 8.79. The lowest BCUT2D eigenvalue weighted by Crippen LogP contribution is -2.24. The molecule has 0 radical (unpaired) electrons. The van der Waals surface area contributed by atoms with E-state index in [9.17, 15) is 8.42 Å². The Morgan fingerprint density at radius 2 is 1.95 bits per heavy atom. The molecule has 1 fully saturated rings. The second-order valence-electron chi connectivity index (χ2n) is 5.46. The summed E-state index contributed by atoms with van der Waals surface area (Å²) >= 11 is 0. The van der Waals surface area contributed by atoms with Gasteiger partial charge in [0.1, 0.15) is 0 Å². The van der Waals surface area contributed by atoms with Gasteiger partial charge < -0.3 is 11.1 Å². The highest BCUT2D eigenvalue weighted by Gasteiger charge is 2.30. The van der Waals surface area contributed by atoms with Crippen molar-refractivity contribution < 1.29 is 8.42 Å². The van der Waals surface area contributed by atoms with Gasteiger partial charge >= 0.3 is 0 Å². The molecule has 0 spiro atoms. The minimum Gasteiger partial charge on any atom is -0.397 e. The van der Waals surface area contributed by atoms with Crippen LogP contribution in [-0.4, -0.2) is 14.5 Å². The average molecular weight is 283 g/mol. The standard InChI is InChI=1S/C13H21N3O2S/c1-8-3-6-12(9(8)2)16-13-7-10(19(15,17)18)4-5-11(13)14/h4-5,7-9,12,16H,3,6,14H2,1-2H3,(H2,15,17,18). The molecule has 5 nitrogen and oxygen atoms in total. The Bertz CT molecular complexity index is 571. The fourth-order valence-electron chi connectivity index (χ4n) is 2.61. The van der Waals surface area contributed by atoms with Crippen LogP contribution >= 0.6 is 0 Å². The molecule has 19 heavy (non-hydrogen) atoms. The number of benzene rings is 1. The molecule has 0 aromatic heterocycles. The zero-order valence-electron chi connectivity index (χ0n) is 11.3. The van der Waals surface area contributed by atoms with Crippen LogP contribution < -0.4 is 16.2 Å². The first-order valence-electron chi connectivity index (χ1n) is 6.48. The number of hydrogen-bond donors (Lipinski definition) is 3. The highest BCUT2D eigenvalue weighted by molar-refractivity contribution is 7.89. The number of primary sulfonamides is 1. The third-order valence-corrected chi connectivity index (χ3v) is 5.07. The van der Waals surface area contributed by atoms with Crippen LogP contribution in [0.2, 0.25) is 0 Å². The topological polar surface area (TPSA) is 98.2 Å². The van der Waals surface area contributed by atoms with Crippen molar-refractivity contribution in [3.8, 4) is 0 Å². The van der Waals surface area contributed by atoms with Crippen molar-refractivity contribution >= 4 is 21.4 Å². The van der Waals surface area contributed by atoms with Gasteiger partial charge in [0.05, 0.1) is 16.3 Å². The van der Waals surface area contributed by atoms with Gasteiger partial charge in [0.15, 0.2) is 0 Å². The van der Waals surface area contributed by atoms with Gasteiger partial charge in [-0.15, -0.1) is 0 Å². The van der Waals surface area contributed by atoms with Gasteiger partial charge in [0.2, 0.25) is 10.0 Å². The van der Waals surface area contributed by atoms with Gasteiger partial charge in [0, 0.05) is 6.04 Å². The number of nitrogens with one attached hydrogen (secondary N) is 1. The van der Waals surface area contributed by atoms with Crippen molar-refractivity contribution in [1.82, 2.24) is 0 Å². The summed E-state index contributed by atoms with van der Waals surface area (Å²) in [5.41, 5.74) is 7.08. The molecule has 0 amide bonds. The molecule has 0 aliphatic heterocycles. The first-order valence-corrected chi connectivity index (χ1v) is 8.02. The van der Waals surface area contributed by atoms with Crippen LogP contribution in [0.1, 0.15) is 26.7 Å². The lowest BCUT2D eigenvalue weighted by Gasteiger charge is -2.22. The Morgan fingerprint density at radius 1 is 1.26 bits per heavy atom. The smallest absolute Gasteiger partial charge is 0.238 e. The molecule has 1 saturated carbocycles. The lowest BCUT2D eigenvalue weighted by molar-refractivity contribution is 0.435. The summed E-state index contributed by atoms with van der Waals surface area (Å²) in [6.45, 7) is 4.44. The maximum Gasteiger partial charge on any atom is 0.238 e. The molecule has 0 bridgehead atoms. The maximum absolute atomic E-state index is 11.4. The van der Waals surface area contributed by atoms with Crippen molar-refractivity contribution in [2.24, 2.45) is 17.0 Å². The van der Waals surface area contributed by atoms with E-state index in [2.05, 4.69) is 19.2 Å². The number of anilines is 2. The monoisotopic (exact) mass is 283 g/mol. The second kappa shape index (κ2) is 5.02. The van der Waals surface area contributed by atoms with Crippen LogP contribution in [-0.2, 0) is 10.0 Å². The molecule has 1 aromatic carbocycles. The van der Waals surface area contributed by atoms with Crippen LogP contribution in [0.5, 0.6) is 0 Å². The molecule has 3 atom stereocenters. The van der Waals surface area contributed by atoms with Gasteiger partial charge in [-0.25, -0.2) is 13.6 Å². The van der Waals surface area contributed by atoms with Gasteiger partial charge in [0.25, 0.3) is 0 Å². The molecule has 0 heterocycles. The predicted octanol–water partition coefficient (Wildman–Crippen LogP) is 1.76. The molecule has 3 unspecified atom stereocenters. The van der Waals surface area contributed by atoms with Gasteiger partial charge in [-0.05, 0) is 42.9 Å². The number of nitrogen functional groups attached to an aromatic ring is 1. The zero-order chi connectivity index (χ0) is 14.2. The number of sulfonamides is 1. The predicted molar refractivity (Wildman–Crippen MR) is 77.2 cm³/mol. The molecular formula is C13H21N3O2S. The number of rotatable bonds is 3. The van der Waals surface area contributed by atoms with E-state index in [0.717, 1.165) is 6.42 Å². The van der Waals surface area contributed by atoms with E-state index >= 15 is 0 Å². The maximum atomic E-state index is 11.4. The molecule has 6 heteroatoms. The summed E-state index contributed by atoms with van der Waals surface area (Å²) in [4.78, 5) is 0.0860. The third kappa shape index (κ3) is 3.01. The van der Waals surface area contributed by atoms with E-state index in [0.29, 0.717) is 29.3 Å². The summed E-state index contributed by atoms with van der Waals surface area (Å²) in [7, 11) is -3.70. The highest BCUT2D eigenvalue weighted by atomic mass is 32.2. The lowest BCUT2D eigenvalue weighted by atomic mass is 9.97. The third-order valence-electron chi connectivity index (χ3n) is 4.16. The Balaban J connectivity index is 2.25. The van der Waals surface area contributed by atoms with E-state index in [4.69, 9.17) is 10.9 Å².